The maximum atomic E-state index is 13.1. The summed E-state index contributed by atoms with van der Waals surface area (Å²) in [6, 6.07) is 3.96. The number of nitrogens with one attached hydrogen (secondary N) is 1. The van der Waals surface area contributed by atoms with E-state index in [0.29, 0.717) is 18.0 Å². The van der Waals surface area contributed by atoms with Crippen LogP contribution in [0.15, 0.2) is 24.5 Å². The fourth-order valence-corrected chi connectivity index (χ4v) is 4.21. The van der Waals surface area contributed by atoms with Crippen LogP contribution < -0.4 is 5.32 Å². The molecule has 144 valence electrons. The molecule has 1 aliphatic heterocycles. The lowest BCUT2D eigenvalue weighted by Gasteiger charge is -2.32. The van der Waals surface area contributed by atoms with Gasteiger partial charge in [-0.3, -0.25) is 14.6 Å². The van der Waals surface area contributed by atoms with Gasteiger partial charge in [0.2, 0.25) is 5.91 Å². The van der Waals surface area contributed by atoms with Gasteiger partial charge in [0.25, 0.3) is 5.91 Å². The highest BCUT2D eigenvalue weighted by Crippen LogP contribution is 2.29. The van der Waals surface area contributed by atoms with Crippen molar-refractivity contribution in [1.29, 1.82) is 0 Å². The summed E-state index contributed by atoms with van der Waals surface area (Å²) in [5.74, 6) is -0.108. The van der Waals surface area contributed by atoms with Crippen molar-refractivity contribution >= 4 is 23.2 Å². The molecule has 0 saturated carbocycles. The lowest BCUT2D eigenvalue weighted by atomic mass is 9.96. The van der Waals surface area contributed by atoms with Crippen molar-refractivity contribution in [3.63, 3.8) is 0 Å². The summed E-state index contributed by atoms with van der Waals surface area (Å²) in [4.78, 5) is 36.7. The number of hydrogen-bond donors (Lipinski definition) is 1. The van der Waals surface area contributed by atoms with Gasteiger partial charge in [0, 0.05) is 37.1 Å². The molecule has 2 unspecified atom stereocenters. The standard InChI is InChI=1S/C20H26N4O2S/c1-4-13(2)22-18(25)16-8-6-10-24(12-16)20(26)17-14(3)23-19(27-17)15-7-5-9-21-11-15/h5,7,9,11,13,16H,4,6,8,10,12H2,1-3H3,(H,22,25). The molecule has 1 fully saturated rings. The van der Waals surface area contributed by atoms with Gasteiger partial charge in [0.15, 0.2) is 0 Å². The predicted molar refractivity (Wildman–Crippen MR) is 107 cm³/mol. The summed E-state index contributed by atoms with van der Waals surface area (Å²) in [5.41, 5.74) is 1.64. The molecule has 0 bridgehead atoms. The quantitative estimate of drug-likeness (QED) is 0.856. The number of likely N-dealkylation sites (tertiary alicyclic amines) is 1. The van der Waals surface area contributed by atoms with E-state index in [0.717, 1.165) is 35.5 Å². The fraction of sp³-hybridized carbons (Fsp3) is 0.500. The average molecular weight is 387 g/mol. The summed E-state index contributed by atoms with van der Waals surface area (Å²) < 4.78 is 0. The zero-order valence-electron chi connectivity index (χ0n) is 16.1. The Hall–Kier alpha value is -2.28. The second-order valence-corrected chi connectivity index (χ2v) is 8.08. The first-order valence-corrected chi connectivity index (χ1v) is 10.3. The number of rotatable bonds is 5. The Kier molecular flexibility index (Phi) is 6.21. The van der Waals surface area contributed by atoms with E-state index in [4.69, 9.17) is 0 Å². The molecular weight excluding hydrogens is 360 g/mol. The SMILES string of the molecule is CCC(C)NC(=O)C1CCCN(C(=O)c2sc(-c3cccnc3)nc2C)C1. The highest BCUT2D eigenvalue weighted by atomic mass is 32.1. The molecule has 3 rings (SSSR count). The van der Waals surface area contributed by atoms with E-state index in [-0.39, 0.29) is 23.8 Å². The van der Waals surface area contributed by atoms with Crippen LogP contribution in [0.1, 0.15) is 48.5 Å². The summed E-state index contributed by atoms with van der Waals surface area (Å²) in [6.45, 7) is 7.07. The molecule has 1 saturated heterocycles. The van der Waals surface area contributed by atoms with Crippen LogP contribution in [-0.2, 0) is 4.79 Å². The van der Waals surface area contributed by atoms with Gasteiger partial charge >= 0.3 is 0 Å². The van der Waals surface area contributed by atoms with Crippen LogP contribution in [0.25, 0.3) is 10.6 Å². The van der Waals surface area contributed by atoms with Gasteiger partial charge in [-0.05, 0) is 45.2 Å². The van der Waals surface area contributed by atoms with E-state index in [1.165, 1.54) is 11.3 Å². The zero-order valence-corrected chi connectivity index (χ0v) is 16.9. The van der Waals surface area contributed by atoms with E-state index in [1.807, 2.05) is 32.9 Å². The summed E-state index contributed by atoms with van der Waals surface area (Å²) in [7, 11) is 0. The van der Waals surface area contributed by atoms with E-state index in [1.54, 1.807) is 17.3 Å². The topological polar surface area (TPSA) is 75.2 Å². The predicted octanol–water partition coefficient (Wildman–Crippen LogP) is 3.28. The van der Waals surface area contributed by atoms with Crippen molar-refractivity contribution in [3.8, 4) is 10.6 Å². The van der Waals surface area contributed by atoms with Crippen molar-refractivity contribution in [1.82, 2.24) is 20.2 Å². The molecule has 0 aromatic carbocycles. The van der Waals surface area contributed by atoms with Crippen LogP contribution in [0.5, 0.6) is 0 Å². The lowest BCUT2D eigenvalue weighted by Crippen LogP contribution is -2.47. The number of piperidine rings is 1. The number of aryl methyl sites for hydroxylation is 1. The van der Waals surface area contributed by atoms with Gasteiger partial charge in [0.1, 0.15) is 9.88 Å². The van der Waals surface area contributed by atoms with E-state index >= 15 is 0 Å². The number of aromatic nitrogens is 2. The molecule has 2 amide bonds. The number of carbonyl (C=O) groups excluding carboxylic acids is 2. The molecule has 1 aliphatic rings. The molecular formula is C20H26N4O2S. The lowest BCUT2D eigenvalue weighted by molar-refractivity contribution is -0.126. The van der Waals surface area contributed by atoms with Gasteiger partial charge in [-0.25, -0.2) is 4.98 Å². The second-order valence-electron chi connectivity index (χ2n) is 7.08. The van der Waals surface area contributed by atoms with Gasteiger partial charge in [-0.1, -0.05) is 6.92 Å². The zero-order chi connectivity index (χ0) is 19.4. The Morgan fingerprint density at radius 2 is 2.26 bits per heavy atom. The number of carbonyl (C=O) groups is 2. The Morgan fingerprint density at radius 3 is 2.96 bits per heavy atom. The van der Waals surface area contributed by atoms with Crippen molar-refractivity contribution in [2.45, 2.75) is 46.1 Å². The Morgan fingerprint density at radius 1 is 1.44 bits per heavy atom. The minimum absolute atomic E-state index is 0.0267. The smallest absolute Gasteiger partial charge is 0.265 e. The minimum atomic E-state index is -0.136. The van der Waals surface area contributed by atoms with Crippen molar-refractivity contribution in [3.05, 3.63) is 35.1 Å². The maximum absolute atomic E-state index is 13.1. The van der Waals surface area contributed by atoms with E-state index in [9.17, 15) is 9.59 Å². The van der Waals surface area contributed by atoms with Gasteiger partial charge in [-0.15, -0.1) is 11.3 Å². The van der Waals surface area contributed by atoms with Crippen molar-refractivity contribution in [2.75, 3.05) is 13.1 Å². The number of pyridine rings is 1. The van der Waals surface area contributed by atoms with Crippen molar-refractivity contribution < 1.29 is 9.59 Å². The van der Waals surface area contributed by atoms with Crippen LogP contribution in [0.2, 0.25) is 0 Å². The van der Waals surface area contributed by atoms with Crippen LogP contribution in [0.3, 0.4) is 0 Å². The molecule has 6 nitrogen and oxygen atoms in total. The third-order valence-electron chi connectivity index (χ3n) is 4.98. The third kappa shape index (κ3) is 4.53. The van der Waals surface area contributed by atoms with Crippen LogP contribution >= 0.6 is 11.3 Å². The van der Waals surface area contributed by atoms with E-state index < -0.39 is 0 Å². The Balaban J connectivity index is 1.72. The summed E-state index contributed by atoms with van der Waals surface area (Å²) in [6.07, 6.45) is 6.04. The molecule has 27 heavy (non-hydrogen) atoms. The minimum Gasteiger partial charge on any atom is -0.353 e. The molecule has 0 aliphatic carbocycles. The van der Waals surface area contributed by atoms with Gasteiger partial charge in [0.05, 0.1) is 11.6 Å². The maximum Gasteiger partial charge on any atom is 0.265 e. The molecule has 0 radical (unpaired) electrons. The first-order chi connectivity index (χ1) is 13.0. The average Bonchev–Trinajstić information content (AvgIpc) is 3.09. The van der Waals surface area contributed by atoms with Crippen LogP contribution in [0, 0.1) is 12.8 Å². The summed E-state index contributed by atoms with van der Waals surface area (Å²) in [5, 5.41) is 3.84. The van der Waals surface area contributed by atoms with Crippen LogP contribution in [0.4, 0.5) is 0 Å². The Bertz CT molecular complexity index is 806. The molecule has 1 N–H and O–H groups in total. The highest BCUT2D eigenvalue weighted by Gasteiger charge is 2.31. The number of hydrogen-bond acceptors (Lipinski definition) is 5. The van der Waals surface area contributed by atoms with E-state index in [2.05, 4.69) is 15.3 Å². The van der Waals surface area contributed by atoms with Crippen molar-refractivity contribution in [2.24, 2.45) is 5.92 Å². The summed E-state index contributed by atoms with van der Waals surface area (Å²) >= 11 is 1.40. The molecule has 0 spiro atoms. The number of amides is 2. The van der Waals surface area contributed by atoms with Gasteiger partial charge in [-0.2, -0.15) is 0 Å². The van der Waals surface area contributed by atoms with Gasteiger partial charge < -0.3 is 10.2 Å². The highest BCUT2D eigenvalue weighted by molar-refractivity contribution is 7.17. The molecule has 2 aromatic rings. The molecule has 7 heteroatoms. The molecule has 3 heterocycles. The normalized spacial score (nSPS) is 18.2. The number of thiazole rings is 1. The second kappa shape index (κ2) is 8.61. The number of nitrogens with zero attached hydrogens (tertiary/aromatic N) is 3. The molecule has 2 atom stereocenters. The Labute approximate surface area is 164 Å². The fourth-order valence-electron chi connectivity index (χ4n) is 3.19. The van der Waals surface area contributed by atoms with Crippen LogP contribution in [-0.4, -0.2) is 45.8 Å². The largest absolute Gasteiger partial charge is 0.353 e. The first kappa shape index (κ1) is 19.5. The first-order valence-electron chi connectivity index (χ1n) is 9.47. The molecule has 2 aromatic heterocycles. The monoisotopic (exact) mass is 386 g/mol. The third-order valence-corrected chi connectivity index (χ3v) is 6.17.